The zero-order valence-corrected chi connectivity index (χ0v) is 9.94. The highest BCUT2D eigenvalue weighted by Crippen LogP contribution is 2.27. The molecular formula is C7H4BrF3IN. The largest absolute Gasteiger partial charge is 0.269 e. The van der Waals surface area contributed by atoms with Crippen LogP contribution >= 0.6 is 38.5 Å². The molecule has 0 radical (unpaired) electrons. The quantitative estimate of drug-likeness (QED) is 0.443. The summed E-state index contributed by atoms with van der Waals surface area (Å²) < 4.78 is 37.6. The number of aromatic nitrogens is 1. The molecule has 0 fully saturated rings. The minimum Gasteiger partial charge on any atom is -0.223 e. The molecule has 1 rings (SSSR count). The predicted molar refractivity (Wildman–Crippen MR) is 54.5 cm³/mol. The first-order valence-corrected chi connectivity index (χ1v) is 5.45. The summed E-state index contributed by atoms with van der Waals surface area (Å²) in [5.74, 6) is -1.09. The molecular weight excluding hydrogens is 362 g/mol. The fourth-order valence-electron chi connectivity index (χ4n) is 0.804. The van der Waals surface area contributed by atoms with Crippen LogP contribution in [0, 0.1) is 9.52 Å². The van der Waals surface area contributed by atoms with Crippen molar-refractivity contribution >= 4 is 38.5 Å². The summed E-state index contributed by atoms with van der Waals surface area (Å²) in [5, 5.41) is 0.351. The predicted octanol–water partition coefficient (Wildman–Crippen LogP) is 3.66. The lowest BCUT2D eigenvalue weighted by Crippen LogP contribution is -2.01. The second-order valence-electron chi connectivity index (χ2n) is 2.23. The molecule has 1 nitrogen and oxygen atoms in total. The van der Waals surface area contributed by atoms with Gasteiger partial charge < -0.3 is 0 Å². The van der Waals surface area contributed by atoms with Crippen LogP contribution in [0.4, 0.5) is 13.2 Å². The van der Waals surface area contributed by atoms with E-state index >= 15 is 0 Å². The third-order valence-corrected chi connectivity index (χ3v) is 2.84. The summed E-state index contributed by atoms with van der Waals surface area (Å²) in [6, 6.07) is 1.43. The first kappa shape index (κ1) is 11.2. The van der Waals surface area contributed by atoms with Gasteiger partial charge in [-0.05, 0) is 28.7 Å². The Morgan fingerprint density at radius 3 is 2.54 bits per heavy atom. The lowest BCUT2D eigenvalue weighted by molar-refractivity contribution is 0.144. The standard InChI is InChI=1S/C7H4BrF3IN/c8-2-3-1-4(12)5(6(9)10)7(11)13-3/h1,6H,2H2. The maximum absolute atomic E-state index is 12.9. The van der Waals surface area contributed by atoms with Gasteiger partial charge in [-0.25, -0.2) is 13.8 Å². The maximum Gasteiger partial charge on any atom is 0.269 e. The van der Waals surface area contributed by atoms with Crippen LogP contribution in [0.15, 0.2) is 6.07 Å². The van der Waals surface area contributed by atoms with Crippen molar-refractivity contribution in [1.29, 1.82) is 0 Å². The van der Waals surface area contributed by atoms with Crippen LogP contribution in [0.3, 0.4) is 0 Å². The van der Waals surface area contributed by atoms with Gasteiger partial charge in [-0.3, -0.25) is 0 Å². The van der Waals surface area contributed by atoms with Crippen LogP contribution in [-0.4, -0.2) is 4.98 Å². The lowest BCUT2D eigenvalue weighted by Gasteiger charge is -2.05. The van der Waals surface area contributed by atoms with E-state index < -0.39 is 17.9 Å². The number of hydrogen-bond donors (Lipinski definition) is 0. The van der Waals surface area contributed by atoms with Crippen molar-refractivity contribution in [3.05, 3.63) is 26.8 Å². The van der Waals surface area contributed by atoms with E-state index in [0.717, 1.165) is 0 Å². The van der Waals surface area contributed by atoms with Crippen molar-refractivity contribution in [2.75, 3.05) is 0 Å². The third kappa shape index (κ3) is 2.55. The van der Waals surface area contributed by atoms with E-state index in [0.29, 0.717) is 11.0 Å². The van der Waals surface area contributed by atoms with Gasteiger partial charge in [0.15, 0.2) is 0 Å². The molecule has 0 spiro atoms. The van der Waals surface area contributed by atoms with Crippen LogP contribution < -0.4 is 0 Å². The number of pyridine rings is 1. The van der Waals surface area contributed by atoms with Crippen molar-refractivity contribution in [3.8, 4) is 0 Å². The van der Waals surface area contributed by atoms with Gasteiger partial charge in [0.1, 0.15) is 0 Å². The molecule has 72 valence electrons. The molecule has 0 aliphatic heterocycles. The second-order valence-corrected chi connectivity index (χ2v) is 3.96. The molecule has 1 aromatic rings. The normalized spacial score (nSPS) is 10.9. The summed E-state index contributed by atoms with van der Waals surface area (Å²) in [4.78, 5) is 3.38. The van der Waals surface area contributed by atoms with Gasteiger partial charge in [0.2, 0.25) is 5.95 Å². The Morgan fingerprint density at radius 1 is 1.54 bits per heavy atom. The molecule has 1 aromatic heterocycles. The average Bonchev–Trinajstić information content (AvgIpc) is 2.02. The molecule has 0 aliphatic carbocycles. The van der Waals surface area contributed by atoms with Crippen LogP contribution in [0.1, 0.15) is 17.7 Å². The van der Waals surface area contributed by atoms with Gasteiger partial charge in [0.25, 0.3) is 6.43 Å². The Labute approximate surface area is 95.0 Å². The SMILES string of the molecule is Fc1nc(CBr)cc(I)c1C(F)F. The fraction of sp³-hybridized carbons (Fsp3) is 0.286. The molecule has 0 unspecified atom stereocenters. The highest BCUT2D eigenvalue weighted by molar-refractivity contribution is 14.1. The van der Waals surface area contributed by atoms with Gasteiger partial charge >= 0.3 is 0 Å². The molecule has 0 aromatic carbocycles. The topological polar surface area (TPSA) is 12.9 Å². The molecule has 0 amide bonds. The van der Waals surface area contributed by atoms with Crippen molar-refractivity contribution in [1.82, 2.24) is 4.98 Å². The summed E-state index contributed by atoms with van der Waals surface area (Å²) in [7, 11) is 0. The highest BCUT2D eigenvalue weighted by Gasteiger charge is 2.19. The minimum atomic E-state index is -2.82. The van der Waals surface area contributed by atoms with Crippen molar-refractivity contribution < 1.29 is 13.2 Å². The van der Waals surface area contributed by atoms with Crippen molar-refractivity contribution in [2.45, 2.75) is 11.8 Å². The van der Waals surface area contributed by atoms with Gasteiger partial charge in [-0.2, -0.15) is 4.39 Å². The van der Waals surface area contributed by atoms with Crippen molar-refractivity contribution in [2.24, 2.45) is 0 Å². The number of hydrogen-bond acceptors (Lipinski definition) is 1. The monoisotopic (exact) mass is 365 g/mol. The number of rotatable bonds is 2. The highest BCUT2D eigenvalue weighted by atomic mass is 127. The summed E-state index contributed by atoms with van der Waals surface area (Å²) >= 11 is 4.74. The van der Waals surface area contributed by atoms with Crippen LogP contribution in [0.25, 0.3) is 0 Å². The molecule has 0 N–H and O–H groups in total. The number of nitrogens with zero attached hydrogens (tertiary/aromatic N) is 1. The summed E-state index contributed by atoms with van der Waals surface area (Å²) in [6.07, 6.45) is -2.82. The first-order chi connectivity index (χ1) is 6.06. The van der Waals surface area contributed by atoms with E-state index in [1.807, 2.05) is 0 Å². The van der Waals surface area contributed by atoms with Gasteiger partial charge in [0.05, 0.1) is 11.3 Å². The zero-order chi connectivity index (χ0) is 10.0. The smallest absolute Gasteiger partial charge is 0.223 e. The molecule has 6 heteroatoms. The van der Waals surface area contributed by atoms with E-state index in [9.17, 15) is 13.2 Å². The molecule has 0 saturated carbocycles. The first-order valence-electron chi connectivity index (χ1n) is 3.25. The Hall–Kier alpha value is 0.150. The fourth-order valence-corrected chi connectivity index (χ4v) is 1.91. The van der Waals surface area contributed by atoms with Crippen LogP contribution in [0.2, 0.25) is 0 Å². The van der Waals surface area contributed by atoms with Gasteiger partial charge in [0, 0.05) is 8.90 Å². The van der Waals surface area contributed by atoms with E-state index in [4.69, 9.17) is 0 Å². The average molecular weight is 366 g/mol. The zero-order valence-electron chi connectivity index (χ0n) is 6.20. The van der Waals surface area contributed by atoms with Crippen LogP contribution in [-0.2, 0) is 5.33 Å². The lowest BCUT2D eigenvalue weighted by atomic mass is 10.2. The molecule has 0 atom stereocenters. The van der Waals surface area contributed by atoms with Gasteiger partial charge in [-0.1, -0.05) is 15.9 Å². The van der Waals surface area contributed by atoms with E-state index in [1.54, 1.807) is 22.6 Å². The Bertz CT molecular complexity index is 296. The molecule has 0 saturated heterocycles. The Balaban J connectivity index is 3.23. The Morgan fingerprint density at radius 2 is 2.15 bits per heavy atom. The van der Waals surface area contributed by atoms with E-state index in [1.165, 1.54) is 6.07 Å². The third-order valence-electron chi connectivity index (χ3n) is 1.37. The summed E-state index contributed by atoms with van der Waals surface area (Å²) in [5.41, 5.74) is -0.211. The molecule has 1 heterocycles. The molecule has 0 aliphatic rings. The number of alkyl halides is 3. The van der Waals surface area contributed by atoms with E-state index in [-0.39, 0.29) is 3.57 Å². The van der Waals surface area contributed by atoms with Crippen LogP contribution in [0.5, 0.6) is 0 Å². The number of halogens is 5. The van der Waals surface area contributed by atoms with Gasteiger partial charge in [-0.15, -0.1) is 0 Å². The summed E-state index contributed by atoms with van der Waals surface area (Å²) in [6.45, 7) is 0. The maximum atomic E-state index is 12.9. The molecule has 0 bridgehead atoms. The molecule has 13 heavy (non-hydrogen) atoms. The van der Waals surface area contributed by atoms with E-state index in [2.05, 4.69) is 20.9 Å². The minimum absolute atomic E-state index is 0.203. The Kier molecular flexibility index (Phi) is 3.96. The van der Waals surface area contributed by atoms with Crippen molar-refractivity contribution in [3.63, 3.8) is 0 Å². The second kappa shape index (κ2) is 4.59.